The van der Waals surface area contributed by atoms with Crippen LogP contribution in [0.2, 0.25) is 0 Å². The molecule has 0 amide bonds. The Morgan fingerprint density at radius 1 is 1.14 bits per heavy atom. The summed E-state index contributed by atoms with van der Waals surface area (Å²) in [7, 11) is 0. The molecule has 0 saturated heterocycles. The van der Waals surface area contributed by atoms with Crippen LogP contribution in [0.1, 0.15) is 85.0 Å². The van der Waals surface area contributed by atoms with E-state index < -0.39 is 5.60 Å². The van der Waals surface area contributed by atoms with Crippen LogP contribution >= 0.6 is 0 Å². The lowest BCUT2D eigenvalue weighted by Gasteiger charge is -2.59. The van der Waals surface area contributed by atoms with E-state index in [9.17, 15) is 14.7 Å². The Bertz CT molecular complexity index is 697. The molecule has 4 heteroatoms. The van der Waals surface area contributed by atoms with Gasteiger partial charge in [-0.05, 0) is 93.0 Å². The van der Waals surface area contributed by atoms with Gasteiger partial charge in [0, 0.05) is 12.8 Å². The predicted octanol–water partition coefficient (Wildman–Crippen LogP) is 4.59. The van der Waals surface area contributed by atoms with E-state index >= 15 is 0 Å². The van der Waals surface area contributed by atoms with E-state index in [1.165, 1.54) is 5.57 Å². The number of ketones is 1. The van der Waals surface area contributed by atoms with Gasteiger partial charge in [0.15, 0.2) is 5.78 Å². The summed E-state index contributed by atoms with van der Waals surface area (Å²) in [5.74, 6) is 1.90. The van der Waals surface area contributed by atoms with Crippen LogP contribution in [-0.2, 0) is 14.3 Å². The number of allylic oxidation sites excluding steroid dienone is 1. The van der Waals surface area contributed by atoms with E-state index in [0.29, 0.717) is 49.4 Å². The molecule has 0 aromatic heterocycles. The zero-order valence-electron chi connectivity index (χ0n) is 17.8. The first-order valence-electron chi connectivity index (χ1n) is 11.4. The zero-order chi connectivity index (χ0) is 20.2. The summed E-state index contributed by atoms with van der Waals surface area (Å²) in [5.41, 5.74) is 0.700. The molecule has 0 aromatic carbocycles. The van der Waals surface area contributed by atoms with E-state index in [4.69, 9.17) is 4.74 Å². The molecule has 3 saturated carbocycles. The Labute approximate surface area is 169 Å². The van der Waals surface area contributed by atoms with Gasteiger partial charge in [0.25, 0.3) is 0 Å². The Kier molecular flexibility index (Phi) is 5.01. The second-order valence-corrected chi connectivity index (χ2v) is 10.3. The molecule has 0 aromatic rings. The van der Waals surface area contributed by atoms with Crippen molar-refractivity contribution in [2.24, 2.45) is 28.6 Å². The molecule has 156 valence electrons. The molecule has 0 bridgehead atoms. The molecule has 3 fully saturated rings. The Morgan fingerprint density at radius 2 is 1.89 bits per heavy atom. The van der Waals surface area contributed by atoms with Crippen molar-refractivity contribution in [1.29, 1.82) is 0 Å². The number of ether oxygens (including phenoxy) is 1. The minimum absolute atomic E-state index is 0.108. The molecule has 4 aliphatic rings. The fourth-order valence-electron chi connectivity index (χ4n) is 7.62. The smallest absolute Gasteiger partial charge is 0.305 e. The fraction of sp³-hybridized carbons (Fsp3) is 0.833. The number of carbonyl (C=O) groups excluding carboxylic acids is 2. The van der Waals surface area contributed by atoms with Crippen LogP contribution in [0.4, 0.5) is 0 Å². The first kappa shape index (κ1) is 20.1. The Hall–Kier alpha value is -1.16. The highest BCUT2D eigenvalue weighted by Gasteiger charge is 2.63. The second kappa shape index (κ2) is 6.97. The van der Waals surface area contributed by atoms with E-state index in [1.54, 1.807) is 0 Å². The van der Waals surface area contributed by atoms with Crippen LogP contribution in [0.25, 0.3) is 0 Å². The highest BCUT2D eigenvalue weighted by atomic mass is 16.5. The van der Waals surface area contributed by atoms with E-state index in [-0.39, 0.29) is 16.8 Å². The number of hydrogen-bond donors (Lipinski definition) is 1. The average molecular weight is 389 g/mol. The predicted molar refractivity (Wildman–Crippen MR) is 108 cm³/mol. The molecule has 0 spiro atoms. The van der Waals surface area contributed by atoms with Crippen molar-refractivity contribution in [2.75, 3.05) is 6.61 Å². The van der Waals surface area contributed by atoms with Gasteiger partial charge in [-0.25, -0.2) is 0 Å². The summed E-state index contributed by atoms with van der Waals surface area (Å²) in [6, 6.07) is 0. The Morgan fingerprint density at radius 3 is 2.64 bits per heavy atom. The SMILES string of the molecule is CCOC(=O)CC[C@@]1(O)CC[C@H]2[C@@H]3CCC4=CC(=O)CC[C@]4(C)[C@H]3CC[C@@]21C. The summed E-state index contributed by atoms with van der Waals surface area (Å²) in [4.78, 5) is 23.9. The third-order valence-corrected chi connectivity index (χ3v) is 9.33. The molecule has 4 rings (SSSR count). The molecular formula is C24H36O4. The van der Waals surface area contributed by atoms with Crippen LogP contribution in [0, 0.1) is 28.6 Å². The summed E-state index contributed by atoms with van der Waals surface area (Å²) in [6.07, 6.45) is 10.7. The molecular weight excluding hydrogens is 352 g/mol. The second-order valence-electron chi connectivity index (χ2n) is 10.3. The summed E-state index contributed by atoms with van der Waals surface area (Å²) < 4.78 is 5.10. The van der Waals surface area contributed by atoms with Crippen molar-refractivity contribution in [3.63, 3.8) is 0 Å². The van der Waals surface area contributed by atoms with Gasteiger partial charge in [-0.3, -0.25) is 9.59 Å². The molecule has 0 heterocycles. The normalized spacial score (nSPS) is 44.9. The quantitative estimate of drug-likeness (QED) is 0.715. The molecule has 28 heavy (non-hydrogen) atoms. The standard InChI is InChI=1S/C24H36O4/c1-4-28-21(26)10-14-24(27)13-9-20-18-6-5-16-15-17(25)7-11-22(16,2)19(18)8-12-23(20,24)3/h15,18-20,27H,4-14H2,1-3H3/t18-,19+,20+,22+,23+,24+/m1/s1. The summed E-state index contributed by atoms with van der Waals surface area (Å²) in [6.45, 7) is 6.90. The lowest BCUT2D eigenvalue weighted by atomic mass is 9.46. The number of aliphatic hydroxyl groups is 1. The average Bonchev–Trinajstić information content (AvgIpc) is 2.93. The van der Waals surface area contributed by atoms with Crippen molar-refractivity contribution < 1.29 is 19.4 Å². The third kappa shape index (κ3) is 2.89. The van der Waals surface area contributed by atoms with Crippen molar-refractivity contribution in [1.82, 2.24) is 0 Å². The van der Waals surface area contributed by atoms with Gasteiger partial charge >= 0.3 is 5.97 Å². The summed E-state index contributed by atoms with van der Waals surface area (Å²) >= 11 is 0. The maximum atomic E-state index is 12.0. The Balaban J connectivity index is 1.54. The van der Waals surface area contributed by atoms with Crippen LogP contribution < -0.4 is 0 Å². The number of carbonyl (C=O) groups is 2. The van der Waals surface area contributed by atoms with Gasteiger partial charge in [0.1, 0.15) is 0 Å². The minimum Gasteiger partial charge on any atom is -0.466 e. The van der Waals surface area contributed by atoms with Gasteiger partial charge in [0.2, 0.25) is 0 Å². The molecule has 0 radical (unpaired) electrons. The highest BCUT2D eigenvalue weighted by Crippen LogP contribution is 2.68. The lowest BCUT2D eigenvalue weighted by Crippen LogP contribution is -2.54. The van der Waals surface area contributed by atoms with E-state index in [0.717, 1.165) is 44.9 Å². The number of fused-ring (bicyclic) bond motifs is 5. The van der Waals surface area contributed by atoms with Crippen molar-refractivity contribution in [3.05, 3.63) is 11.6 Å². The van der Waals surface area contributed by atoms with Crippen molar-refractivity contribution in [3.8, 4) is 0 Å². The monoisotopic (exact) mass is 388 g/mol. The molecule has 4 nitrogen and oxygen atoms in total. The minimum atomic E-state index is -0.755. The summed E-state index contributed by atoms with van der Waals surface area (Å²) in [5, 5.41) is 11.6. The largest absolute Gasteiger partial charge is 0.466 e. The van der Waals surface area contributed by atoms with Crippen LogP contribution in [0.5, 0.6) is 0 Å². The molecule has 4 aliphatic carbocycles. The molecule has 0 aliphatic heterocycles. The molecule has 1 N–H and O–H groups in total. The van der Waals surface area contributed by atoms with Gasteiger partial charge in [0.05, 0.1) is 12.2 Å². The van der Waals surface area contributed by atoms with Gasteiger partial charge in [-0.2, -0.15) is 0 Å². The van der Waals surface area contributed by atoms with Crippen LogP contribution in [-0.4, -0.2) is 29.1 Å². The molecule has 6 atom stereocenters. The number of rotatable bonds is 4. The van der Waals surface area contributed by atoms with E-state index in [2.05, 4.69) is 13.8 Å². The zero-order valence-corrected chi connectivity index (χ0v) is 17.8. The topological polar surface area (TPSA) is 63.6 Å². The first-order valence-corrected chi connectivity index (χ1v) is 11.4. The van der Waals surface area contributed by atoms with Crippen LogP contribution in [0.3, 0.4) is 0 Å². The maximum absolute atomic E-state index is 12.0. The van der Waals surface area contributed by atoms with Gasteiger partial charge in [-0.15, -0.1) is 0 Å². The highest BCUT2D eigenvalue weighted by molar-refractivity contribution is 5.91. The maximum Gasteiger partial charge on any atom is 0.305 e. The fourth-order valence-corrected chi connectivity index (χ4v) is 7.62. The number of esters is 1. The van der Waals surface area contributed by atoms with Crippen molar-refractivity contribution in [2.45, 2.75) is 90.6 Å². The van der Waals surface area contributed by atoms with Crippen molar-refractivity contribution >= 4 is 11.8 Å². The first-order chi connectivity index (χ1) is 13.2. The van der Waals surface area contributed by atoms with E-state index in [1.807, 2.05) is 13.0 Å². The van der Waals surface area contributed by atoms with Crippen LogP contribution in [0.15, 0.2) is 11.6 Å². The third-order valence-electron chi connectivity index (χ3n) is 9.33. The number of hydrogen-bond acceptors (Lipinski definition) is 4. The van der Waals surface area contributed by atoms with Gasteiger partial charge in [-0.1, -0.05) is 19.4 Å². The lowest BCUT2D eigenvalue weighted by molar-refractivity contribution is -0.151. The molecule has 0 unspecified atom stereocenters. The van der Waals surface area contributed by atoms with Gasteiger partial charge < -0.3 is 9.84 Å².